The molecule has 4 saturated carbocycles. The summed E-state index contributed by atoms with van der Waals surface area (Å²) in [5.74, 6) is 0.514. The Balaban J connectivity index is 1.54. The number of carbonyl (C=O) groups is 3. The van der Waals surface area contributed by atoms with Crippen LogP contribution in [0, 0.1) is 50.2 Å². The number of rotatable bonds is 5. The van der Waals surface area contributed by atoms with Crippen LogP contribution in [0.15, 0.2) is 24.3 Å². The fourth-order valence-electron chi connectivity index (χ4n) is 11.4. The molecule has 0 aromatic rings. The summed E-state index contributed by atoms with van der Waals surface area (Å²) in [7, 11) is 1.55. The van der Waals surface area contributed by atoms with Crippen LogP contribution in [0.5, 0.6) is 0 Å². The number of allylic oxidation sites excluding steroid dienone is 2. The summed E-state index contributed by atoms with van der Waals surface area (Å²) in [6.45, 7) is 21.9. The number of hydroxylamine groups is 2. The topological polar surface area (TPSA) is 72.9 Å². The van der Waals surface area contributed by atoms with Crippen molar-refractivity contribution in [1.29, 1.82) is 0 Å². The van der Waals surface area contributed by atoms with Gasteiger partial charge in [0, 0.05) is 23.7 Å². The van der Waals surface area contributed by atoms with Crippen LogP contribution >= 0.6 is 0 Å². The summed E-state index contributed by atoms with van der Waals surface area (Å²) in [6.07, 6.45) is 12.1. The van der Waals surface area contributed by atoms with Crippen LogP contribution in [0.25, 0.3) is 0 Å². The minimum absolute atomic E-state index is 0.0193. The minimum atomic E-state index is -0.550. The van der Waals surface area contributed by atoms with Crippen LogP contribution in [0.4, 0.5) is 0 Å². The van der Waals surface area contributed by atoms with Crippen molar-refractivity contribution in [1.82, 2.24) is 5.06 Å². The number of esters is 1. The lowest BCUT2D eigenvalue weighted by molar-refractivity contribution is -0.211. The molecule has 5 aliphatic rings. The third-order valence-electron chi connectivity index (χ3n) is 14.1. The number of hydrogen-bond acceptors (Lipinski definition) is 5. The molecule has 0 saturated heterocycles. The van der Waals surface area contributed by atoms with Gasteiger partial charge in [0.1, 0.15) is 6.10 Å². The van der Waals surface area contributed by atoms with E-state index in [1.807, 2.05) is 0 Å². The third kappa shape index (κ3) is 4.24. The van der Waals surface area contributed by atoms with Crippen LogP contribution in [0.3, 0.4) is 0 Å². The normalized spacial score (nSPS) is 45.7. The van der Waals surface area contributed by atoms with Gasteiger partial charge in [0.25, 0.3) is 5.91 Å². The first kappa shape index (κ1) is 31.5. The summed E-state index contributed by atoms with van der Waals surface area (Å²) in [6, 6.07) is 0. The Bertz CT molecular complexity index is 1210. The second-order valence-electron chi connectivity index (χ2n) is 16.5. The zero-order valence-corrected chi connectivity index (χ0v) is 27.7. The molecule has 42 heavy (non-hydrogen) atoms. The standard InChI is InChI=1S/C36H55NO5/c1-11-20-37(41-10)30(40)33(6)17-16-32(5)18-19-35(8)24(25(32)22-33)21-26(39)29-34(7)14-13-28(42-23(2)38)31(3,4)27(34)12-15-36(29,35)9/h11,21,25,27-29H,1,12-20,22H2,2-10H3/t25-,27?,28-,29+,32+,33-,34-,35+,36+/m0/s1. The Labute approximate surface area is 254 Å². The van der Waals surface area contributed by atoms with Gasteiger partial charge >= 0.3 is 5.97 Å². The molecule has 6 nitrogen and oxygen atoms in total. The van der Waals surface area contributed by atoms with Crippen molar-refractivity contribution in [3.05, 3.63) is 24.3 Å². The highest BCUT2D eigenvalue weighted by Crippen LogP contribution is 2.75. The molecular formula is C36H55NO5. The molecule has 0 bridgehead atoms. The van der Waals surface area contributed by atoms with Crippen molar-refractivity contribution in [3.63, 3.8) is 0 Å². The molecule has 234 valence electrons. The van der Waals surface area contributed by atoms with Crippen molar-refractivity contribution in [3.8, 4) is 0 Å². The Morgan fingerprint density at radius 3 is 2.29 bits per heavy atom. The predicted molar refractivity (Wildman–Crippen MR) is 164 cm³/mol. The van der Waals surface area contributed by atoms with Crippen LogP contribution in [-0.2, 0) is 24.0 Å². The van der Waals surface area contributed by atoms with E-state index < -0.39 is 5.41 Å². The monoisotopic (exact) mass is 581 g/mol. The Kier molecular flexibility index (Phi) is 7.52. The molecule has 1 unspecified atom stereocenters. The first-order valence-corrected chi connectivity index (χ1v) is 16.3. The number of nitrogens with zero attached hydrogens (tertiary/aromatic N) is 1. The highest BCUT2D eigenvalue weighted by Gasteiger charge is 2.70. The fourth-order valence-corrected chi connectivity index (χ4v) is 11.4. The van der Waals surface area contributed by atoms with E-state index >= 15 is 0 Å². The largest absolute Gasteiger partial charge is 0.462 e. The molecule has 0 aromatic carbocycles. The molecule has 0 spiro atoms. The minimum Gasteiger partial charge on any atom is -0.462 e. The summed E-state index contributed by atoms with van der Waals surface area (Å²) in [4.78, 5) is 45.9. The van der Waals surface area contributed by atoms with Gasteiger partial charge in [-0.1, -0.05) is 60.1 Å². The summed E-state index contributed by atoms with van der Waals surface area (Å²) in [5, 5.41) is 1.45. The van der Waals surface area contributed by atoms with E-state index in [1.165, 1.54) is 17.6 Å². The van der Waals surface area contributed by atoms with Gasteiger partial charge in [-0.3, -0.25) is 19.2 Å². The Morgan fingerprint density at radius 1 is 1.00 bits per heavy atom. The van der Waals surface area contributed by atoms with Crippen molar-refractivity contribution in [2.24, 2.45) is 50.2 Å². The maximum Gasteiger partial charge on any atom is 0.302 e. The first-order valence-electron chi connectivity index (χ1n) is 16.3. The fraction of sp³-hybridized carbons (Fsp3) is 0.806. The van der Waals surface area contributed by atoms with E-state index in [2.05, 4.69) is 61.1 Å². The van der Waals surface area contributed by atoms with Gasteiger partial charge in [-0.05, 0) is 97.4 Å². The van der Waals surface area contributed by atoms with Crippen LogP contribution in [0.1, 0.15) is 113 Å². The second kappa shape index (κ2) is 10.0. The summed E-state index contributed by atoms with van der Waals surface area (Å²) < 4.78 is 5.86. The summed E-state index contributed by atoms with van der Waals surface area (Å²) >= 11 is 0. The molecule has 0 aromatic heterocycles. The van der Waals surface area contributed by atoms with Crippen LogP contribution in [-0.4, -0.2) is 42.5 Å². The van der Waals surface area contributed by atoms with Crippen molar-refractivity contribution in [2.75, 3.05) is 13.7 Å². The maximum atomic E-state index is 14.6. The summed E-state index contributed by atoms with van der Waals surface area (Å²) in [5.41, 5.74) is 0.217. The zero-order chi connectivity index (χ0) is 31.1. The van der Waals surface area contributed by atoms with Gasteiger partial charge in [-0.25, -0.2) is 5.06 Å². The number of fused-ring (bicyclic) bond motifs is 7. The molecule has 0 N–H and O–H groups in total. The molecule has 6 heteroatoms. The number of hydrogen-bond donors (Lipinski definition) is 0. The lowest BCUT2D eigenvalue weighted by atomic mass is 9.33. The van der Waals surface area contributed by atoms with Crippen molar-refractivity contribution < 1.29 is 24.0 Å². The van der Waals surface area contributed by atoms with E-state index in [0.29, 0.717) is 12.5 Å². The molecule has 5 rings (SSSR count). The van der Waals surface area contributed by atoms with Gasteiger partial charge in [-0.2, -0.15) is 0 Å². The second-order valence-corrected chi connectivity index (χ2v) is 16.5. The molecule has 4 fully saturated rings. The first-order chi connectivity index (χ1) is 19.4. The SMILES string of the molecule is C=CCN(OC)C(=O)[C@@]1(C)CC[C@]2(C)CC[C@]3(C)C(=CC(=O)[C@@H]4[C@@]5(C)CC[C@H](OC(C)=O)C(C)(C)C5CC[C@]43C)[C@@H]2C1. The predicted octanol–water partition coefficient (Wildman–Crippen LogP) is 7.47. The van der Waals surface area contributed by atoms with E-state index in [4.69, 9.17) is 9.57 Å². The van der Waals surface area contributed by atoms with Gasteiger partial charge in [0.2, 0.25) is 0 Å². The van der Waals surface area contributed by atoms with Gasteiger partial charge in [-0.15, -0.1) is 6.58 Å². The maximum absolute atomic E-state index is 14.6. The average molecular weight is 582 g/mol. The molecule has 0 aliphatic heterocycles. The molecule has 5 aliphatic carbocycles. The highest BCUT2D eigenvalue weighted by atomic mass is 16.7. The highest BCUT2D eigenvalue weighted by molar-refractivity contribution is 5.95. The molecular weight excluding hydrogens is 526 g/mol. The van der Waals surface area contributed by atoms with E-state index in [-0.39, 0.29) is 62.7 Å². The molecule has 1 amide bonds. The quantitative estimate of drug-likeness (QED) is 0.191. The smallest absolute Gasteiger partial charge is 0.302 e. The molecule has 0 heterocycles. The number of ketones is 1. The van der Waals surface area contributed by atoms with E-state index in [9.17, 15) is 14.4 Å². The van der Waals surface area contributed by atoms with Gasteiger partial charge in [0.05, 0.1) is 13.7 Å². The lowest BCUT2D eigenvalue weighted by Gasteiger charge is -2.70. The molecule has 9 atom stereocenters. The van der Waals surface area contributed by atoms with Crippen molar-refractivity contribution >= 4 is 17.7 Å². The Morgan fingerprint density at radius 2 is 1.67 bits per heavy atom. The third-order valence-corrected chi connectivity index (χ3v) is 14.1. The Hall–Kier alpha value is -1.95. The zero-order valence-electron chi connectivity index (χ0n) is 27.7. The molecule has 0 radical (unpaired) electrons. The number of ether oxygens (including phenoxy) is 1. The van der Waals surface area contributed by atoms with E-state index in [0.717, 1.165) is 57.8 Å². The van der Waals surface area contributed by atoms with Gasteiger partial charge in [0.15, 0.2) is 5.78 Å². The van der Waals surface area contributed by atoms with Crippen molar-refractivity contribution in [2.45, 2.75) is 119 Å². The van der Waals surface area contributed by atoms with Gasteiger partial charge < -0.3 is 4.74 Å². The number of amides is 1. The van der Waals surface area contributed by atoms with Crippen LogP contribution in [0.2, 0.25) is 0 Å². The average Bonchev–Trinajstić information content (AvgIpc) is 2.90. The number of carbonyl (C=O) groups excluding carboxylic acids is 3. The van der Waals surface area contributed by atoms with E-state index in [1.54, 1.807) is 13.2 Å². The lowest BCUT2D eigenvalue weighted by Crippen LogP contribution is -2.66. The van der Waals surface area contributed by atoms with Crippen LogP contribution < -0.4 is 0 Å².